The van der Waals surface area contributed by atoms with Gasteiger partial charge in [0, 0.05) is 17.1 Å². The van der Waals surface area contributed by atoms with Gasteiger partial charge in [-0.15, -0.1) is 11.3 Å². The Morgan fingerprint density at radius 3 is 2.84 bits per heavy atom. The summed E-state index contributed by atoms with van der Waals surface area (Å²) < 4.78 is 0. The van der Waals surface area contributed by atoms with E-state index in [2.05, 4.69) is 4.98 Å². The van der Waals surface area contributed by atoms with Crippen LogP contribution in [0.5, 0.6) is 0 Å². The molecule has 2 N–H and O–H groups in total. The van der Waals surface area contributed by atoms with Crippen LogP contribution in [0.2, 0.25) is 0 Å². The Morgan fingerprint density at radius 2 is 2.21 bits per heavy atom. The Kier molecular flexibility index (Phi) is 4.03. The molecule has 2 aromatic rings. The SMILES string of the molecule is CC(C(=O)NO)c1cccc(C(=O)c2nccs2)c1. The molecule has 0 spiro atoms. The van der Waals surface area contributed by atoms with Crippen LogP contribution in [-0.4, -0.2) is 21.9 Å². The van der Waals surface area contributed by atoms with Gasteiger partial charge in [-0.05, 0) is 18.6 Å². The minimum absolute atomic E-state index is 0.173. The Bertz CT molecular complexity index is 596. The van der Waals surface area contributed by atoms with Crippen LogP contribution in [0.15, 0.2) is 35.8 Å². The monoisotopic (exact) mass is 276 g/mol. The Labute approximate surface area is 113 Å². The lowest BCUT2D eigenvalue weighted by atomic mass is 9.97. The van der Waals surface area contributed by atoms with Gasteiger partial charge < -0.3 is 0 Å². The normalized spacial score (nSPS) is 11.9. The van der Waals surface area contributed by atoms with E-state index in [0.29, 0.717) is 16.1 Å². The minimum atomic E-state index is -0.533. The molecular weight excluding hydrogens is 264 g/mol. The van der Waals surface area contributed by atoms with Gasteiger partial charge in [-0.2, -0.15) is 0 Å². The fourth-order valence-electron chi connectivity index (χ4n) is 1.66. The van der Waals surface area contributed by atoms with Crippen molar-refractivity contribution < 1.29 is 14.8 Å². The molecule has 0 bridgehead atoms. The predicted molar refractivity (Wildman–Crippen MR) is 70.3 cm³/mol. The van der Waals surface area contributed by atoms with Gasteiger partial charge in [0.05, 0.1) is 5.92 Å². The average Bonchev–Trinajstić information content (AvgIpc) is 2.99. The summed E-state index contributed by atoms with van der Waals surface area (Å²) in [5.41, 5.74) is 2.74. The number of hydrogen-bond donors (Lipinski definition) is 2. The fraction of sp³-hybridized carbons (Fsp3) is 0.154. The molecule has 1 unspecified atom stereocenters. The minimum Gasteiger partial charge on any atom is -0.289 e. The molecule has 1 aromatic carbocycles. The summed E-state index contributed by atoms with van der Waals surface area (Å²) in [7, 11) is 0. The third kappa shape index (κ3) is 2.86. The summed E-state index contributed by atoms with van der Waals surface area (Å²) in [6, 6.07) is 6.76. The second-order valence-corrected chi connectivity index (χ2v) is 4.88. The van der Waals surface area contributed by atoms with E-state index in [9.17, 15) is 9.59 Å². The maximum absolute atomic E-state index is 12.1. The van der Waals surface area contributed by atoms with Crippen molar-refractivity contribution >= 4 is 23.0 Å². The van der Waals surface area contributed by atoms with Crippen LogP contribution in [0.3, 0.4) is 0 Å². The molecule has 0 saturated heterocycles. The zero-order valence-corrected chi connectivity index (χ0v) is 11.0. The number of amides is 1. The van der Waals surface area contributed by atoms with Gasteiger partial charge >= 0.3 is 0 Å². The van der Waals surface area contributed by atoms with E-state index in [1.54, 1.807) is 48.2 Å². The summed E-state index contributed by atoms with van der Waals surface area (Å²) in [5, 5.41) is 10.8. The summed E-state index contributed by atoms with van der Waals surface area (Å²) in [6.45, 7) is 1.65. The van der Waals surface area contributed by atoms with E-state index in [1.807, 2.05) is 0 Å². The zero-order chi connectivity index (χ0) is 13.8. The molecule has 0 aliphatic heterocycles. The van der Waals surface area contributed by atoms with E-state index in [4.69, 9.17) is 5.21 Å². The number of carbonyl (C=O) groups excluding carboxylic acids is 2. The second-order valence-electron chi connectivity index (χ2n) is 3.99. The Hall–Kier alpha value is -2.05. The smallest absolute Gasteiger partial charge is 0.250 e. The quantitative estimate of drug-likeness (QED) is 0.508. The third-order valence-electron chi connectivity index (χ3n) is 2.78. The van der Waals surface area contributed by atoms with Crippen molar-refractivity contribution in [2.24, 2.45) is 0 Å². The first-order chi connectivity index (χ1) is 9.13. The van der Waals surface area contributed by atoms with Crippen molar-refractivity contribution in [3.8, 4) is 0 Å². The first-order valence-corrected chi connectivity index (χ1v) is 6.49. The summed E-state index contributed by atoms with van der Waals surface area (Å²) in [5.74, 6) is -1.22. The number of nitrogens with zero attached hydrogens (tertiary/aromatic N) is 1. The molecule has 1 amide bonds. The van der Waals surface area contributed by atoms with E-state index in [1.165, 1.54) is 11.3 Å². The van der Waals surface area contributed by atoms with E-state index < -0.39 is 11.8 Å². The zero-order valence-electron chi connectivity index (χ0n) is 10.2. The van der Waals surface area contributed by atoms with Crippen molar-refractivity contribution in [1.29, 1.82) is 0 Å². The van der Waals surface area contributed by atoms with Gasteiger partial charge in [0.1, 0.15) is 0 Å². The predicted octanol–water partition coefficient (Wildman–Crippen LogP) is 1.98. The molecule has 0 saturated carbocycles. The fourth-order valence-corrected chi connectivity index (χ4v) is 2.25. The molecule has 6 heteroatoms. The topological polar surface area (TPSA) is 79.3 Å². The van der Waals surface area contributed by atoms with E-state index >= 15 is 0 Å². The molecular formula is C13H12N2O3S. The van der Waals surface area contributed by atoms with Crippen LogP contribution in [0.25, 0.3) is 0 Å². The van der Waals surface area contributed by atoms with Crippen LogP contribution in [0, 0.1) is 0 Å². The first-order valence-electron chi connectivity index (χ1n) is 5.61. The second kappa shape index (κ2) is 5.73. The molecule has 0 aliphatic rings. The van der Waals surface area contributed by atoms with Crippen LogP contribution in [-0.2, 0) is 4.79 Å². The molecule has 0 fully saturated rings. The highest BCUT2D eigenvalue weighted by Gasteiger charge is 2.17. The van der Waals surface area contributed by atoms with Crippen LogP contribution in [0.4, 0.5) is 0 Å². The van der Waals surface area contributed by atoms with Crippen molar-refractivity contribution in [1.82, 2.24) is 10.5 Å². The number of carbonyl (C=O) groups is 2. The molecule has 98 valence electrons. The number of thiazole rings is 1. The maximum Gasteiger partial charge on any atom is 0.250 e. The Morgan fingerprint density at radius 1 is 1.42 bits per heavy atom. The maximum atomic E-state index is 12.1. The lowest BCUT2D eigenvalue weighted by Crippen LogP contribution is -2.24. The highest BCUT2D eigenvalue weighted by Crippen LogP contribution is 2.19. The summed E-state index contributed by atoms with van der Waals surface area (Å²) in [4.78, 5) is 27.5. The molecule has 1 atom stereocenters. The van der Waals surface area contributed by atoms with E-state index in [0.717, 1.165) is 0 Å². The molecule has 0 radical (unpaired) electrons. The molecule has 0 aliphatic carbocycles. The lowest BCUT2D eigenvalue weighted by molar-refractivity contribution is -0.130. The van der Waals surface area contributed by atoms with Crippen LogP contribution >= 0.6 is 11.3 Å². The number of aromatic nitrogens is 1. The van der Waals surface area contributed by atoms with Crippen molar-refractivity contribution in [3.63, 3.8) is 0 Å². The van der Waals surface area contributed by atoms with Gasteiger partial charge in [-0.3, -0.25) is 14.8 Å². The highest BCUT2D eigenvalue weighted by atomic mass is 32.1. The number of rotatable bonds is 4. The van der Waals surface area contributed by atoms with Gasteiger partial charge in [0.25, 0.3) is 5.91 Å². The summed E-state index contributed by atoms with van der Waals surface area (Å²) >= 11 is 1.27. The molecule has 1 heterocycles. The number of hydroxylamine groups is 1. The molecule has 5 nitrogen and oxygen atoms in total. The number of ketones is 1. The van der Waals surface area contributed by atoms with Gasteiger partial charge in [0.2, 0.25) is 5.78 Å². The van der Waals surface area contributed by atoms with Gasteiger partial charge in [-0.1, -0.05) is 18.2 Å². The Balaban J connectivity index is 2.29. The van der Waals surface area contributed by atoms with Crippen molar-refractivity contribution in [2.45, 2.75) is 12.8 Å². The number of hydrogen-bond acceptors (Lipinski definition) is 5. The van der Waals surface area contributed by atoms with Crippen LogP contribution < -0.4 is 5.48 Å². The standard InChI is InChI=1S/C13H12N2O3S/c1-8(12(17)15-18)9-3-2-4-10(7-9)11(16)13-14-5-6-19-13/h2-8,18H,1H3,(H,15,17). The van der Waals surface area contributed by atoms with E-state index in [-0.39, 0.29) is 5.78 Å². The first kappa shape index (κ1) is 13.4. The third-order valence-corrected chi connectivity index (χ3v) is 3.55. The summed E-state index contributed by atoms with van der Waals surface area (Å²) in [6.07, 6.45) is 1.57. The van der Waals surface area contributed by atoms with Crippen LogP contribution in [0.1, 0.15) is 33.8 Å². The lowest BCUT2D eigenvalue weighted by Gasteiger charge is -2.10. The molecule has 2 rings (SSSR count). The number of benzene rings is 1. The molecule has 19 heavy (non-hydrogen) atoms. The van der Waals surface area contributed by atoms with Gasteiger partial charge in [0.15, 0.2) is 5.01 Å². The highest BCUT2D eigenvalue weighted by molar-refractivity contribution is 7.11. The number of nitrogens with one attached hydrogen (secondary N) is 1. The van der Waals surface area contributed by atoms with Crippen molar-refractivity contribution in [3.05, 3.63) is 52.0 Å². The van der Waals surface area contributed by atoms with Gasteiger partial charge in [-0.25, -0.2) is 10.5 Å². The average molecular weight is 276 g/mol. The molecule has 1 aromatic heterocycles. The largest absolute Gasteiger partial charge is 0.289 e. The van der Waals surface area contributed by atoms with Crippen molar-refractivity contribution in [2.75, 3.05) is 0 Å².